The summed E-state index contributed by atoms with van der Waals surface area (Å²) in [6.07, 6.45) is 0.203. The minimum absolute atomic E-state index is 0.0825. The second-order valence-corrected chi connectivity index (χ2v) is 5.62. The van der Waals surface area contributed by atoms with E-state index >= 15 is 0 Å². The van der Waals surface area contributed by atoms with Gasteiger partial charge in [0.15, 0.2) is 0 Å². The maximum atomic E-state index is 11.8. The summed E-state index contributed by atoms with van der Waals surface area (Å²) in [5.41, 5.74) is 11.3. The van der Waals surface area contributed by atoms with Gasteiger partial charge in [-0.25, -0.2) is 5.43 Å². The highest BCUT2D eigenvalue weighted by atomic mass is 16.2. The number of anilines is 1. The summed E-state index contributed by atoms with van der Waals surface area (Å²) < 4.78 is 0. The van der Waals surface area contributed by atoms with Gasteiger partial charge in [0.1, 0.15) is 0 Å². The van der Waals surface area contributed by atoms with Crippen molar-refractivity contribution in [2.75, 3.05) is 5.73 Å². The number of hydrogen-bond acceptors (Lipinski definition) is 4. The zero-order valence-electron chi connectivity index (χ0n) is 14.2. The van der Waals surface area contributed by atoms with Crippen molar-refractivity contribution in [1.82, 2.24) is 10.7 Å². The fraction of sp³-hybridized carbons (Fsp3) is 0.211. The Balaban J connectivity index is 1.71. The Bertz CT molecular complexity index is 740. The van der Waals surface area contributed by atoms with Crippen LogP contribution in [0.1, 0.15) is 30.9 Å². The van der Waals surface area contributed by atoms with Crippen LogP contribution < -0.4 is 16.5 Å². The molecule has 0 radical (unpaired) electrons. The topological polar surface area (TPSA) is 96.6 Å². The van der Waals surface area contributed by atoms with Crippen molar-refractivity contribution in [2.24, 2.45) is 5.10 Å². The van der Waals surface area contributed by atoms with E-state index in [9.17, 15) is 9.59 Å². The van der Waals surface area contributed by atoms with Crippen LogP contribution in [0.3, 0.4) is 0 Å². The summed E-state index contributed by atoms with van der Waals surface area (Å²) in [7, 11) is 0. The lowest BCUT2D eigenvalue weighted by molar-refractivity contribution is -0.126. The third-order valence-corrected chi connectivity index (χ3v) is 3.59. The van der Waals surface area contributed by atoms with Gasteiger partial charge >= 0.3 is 0 Å². The van der Waals surface area contributed by atoms with E-state index in [1.54, 1.807) is 19.1 Å². The summed E-state index contributed by atoms with van der Waals surface area (Å²) in [6, 6.07) is 16.8. The van der Waals surface area contributed by atoms with Crippen LogP contribution in [0.25, 0.3) is 0 Å². The number of hydrogen-bond donors (Lipinski definition) is 3. The van der Waals surface area contributed by atoms with Crippen LogP contribution in [-0.2, 0) is 16.1 Å². The molecule has 6 nitrogen and oxygen atoms in total. The van der Waals surface area contributed by atoms with Crippen LogP contribution in [-0.4, -0.2) is 17.5 Å². The molecule has 2 aromatic rings. The molecule has 0 aromatic heterocycles. The lowest BCUT2D eigenvalue weighted by Crippen LogP contribution is -2.26. The summed E-state index contributed by atoms with van der Waals surface area (Å²) in [5.74, 6) is -0.470. The van der Waals surface area contributed by atoms with E-state index in [0.29, 0.717) is 17.9 Å². The normalized spacial score (nSPS) is 11.0. The monoisotopic (exact) mass is 338 g/mol. The van der Waals surface area contributed by atoms with E-state index in [-0.39, 0.29) is 24.7 Å². The molecule has 130 valence electrons. The first-order valence-electron chi connectivity index (χ1n) is 8.04. The number of nitrogens with zero attached hydrogens (tertiary/aromatic N) is 1. The first-order valence-corrected chi connectivity index (χ1v) is 8.04. The van der Waals surface area contributed by atoms with Crippen LogP contribution in [0.2, 0.25) is 0 Å². The lowest BCUT2D eigenvalue weighted by Gasteiger charge is -2.05. The number of rotatable bonds is 7. The summed E-state index contributed by atoms with van der Waals surface area (Å²) >= 11 is 0. The third kappa shape index (κ3) is 6.47. The van der Waals surface area contributed by atoms with Gasteiger partial charge in [0.25, 0.3) is 0 Å². The standard InChI is InChI=1S/C19H22N4O2/c1-14(16-7-9-17(20)10-8-16)22-23-19(25)12-11-18(24)21-13-15-5-3-2-4-6-15/h2-10H,11-13,20H2,1H3,(H,21,24)(H,23,25)/b22-14+. The first kappa shape index (κ1) is 18.2. The molecule has 0 spiro atoms. The summed E-state index contributed by atoms with van der Waals surface area (Å²) in [4.78, 5) is 23.6. The van der Waals surface area contributed by atoms with E-state index < -0.39 is 0 Å². The molecule has 4 N–H and O–H groups in total. The molecular weight excluding hydrogens is 316 g/mol. The number of amides is 2. The number of hydrazone groups is 1. The largest absolute Gasteiger partial charge is 0.399 e. The number of nitrogen functional groups attached to an aromatic ring is 1. The molecule has 0 aliphatic carbocycles. The molecule has 0 saturated heterocycles. The van der Waals surface area contributed by atoms with E-state index in [1.807, 2.05) is 42.5 Å². The van der Waals surface area contributed by atoms with Gasteiger partial charge in [0.2, 0.25) is 11.8 Å². The molecule has 0 atom stereocenters. The average Bonchev–Trinajstić information content (AvgIpc) is 2.64. The van der Waals surface area contributed by atoms with Crippen molar-refractivity contribution < 1.29 is 9.59 Å². The zero-order chi connectivity index (χ0) is 18.1. The third-order valence-electron chi connectivity index (χ3n) is 3.59. The molecule has 0 aliphatic heterocycles. The van der Waals surface area contributed by atoms with Gasteiger partial charge in [-0.15, -0.1) is 0 Å². The highest BCUT2D eigenvalue weighted by Crippen LogP contribution is 2.06. The SMILES string of the molecule is C/C(=N\NC(=O)CCC(=O)NCc1ccccc1)c1ccc(N)cc1. The molecule has 25 heavy (non-hydrogen) atoms. The van der Waals surface area contributed by atoms with E-state index in [1.165, 1.54) is 0 Å². The van der Waals surface area contributed by atoms with E-state index in [0.717, 1.165) is 11.1 Å². The number of nitrogens with one attached hydrogen (secondary N) is 2. The van der Waals surface area contributed by atoms with Crippen LogP contribution >= 0.6 is 0 Å². The predicted octanol–water partition coefficient (Wildman–Crippen LogP) is 2.21. The number of benzene rings is 2. The molecule has 6 heteroatoms. The first-order chi connectivity index (χ1) is 12.0. The van der Waals surface area contributed by atoms with Crippen molar-refractivity contribution in [3.63, 3.8) is 0 Å². The van der Waals surface area contributed by atoms with Crippen molar-refractivity contribution in [3.05, 3.63) is 65.7 Å². The molecule has 0 fully saturated rings. The second-order valence-electron chi connectivity index (χ2n) is 5.62. The highest BCUT2D eigenvalue weighted by molar-refractivity contribution is 5.99. The quantitative estimate of drug-likeness (QED) is 0.410. The fourth-order valence-electron chi connectivity index (χ4n) is 2.10. The minimum atomic E-state index is -0.301. The molecule has 0 aliphatic rings. The Morgan fingerprint density at radius 2 is 1.60 bits per heavy atom. The van der Waals surface area contributed by atoms with Crippen molar-refractivity contribution >= 4 is 23.2 Å². The Morgan fingerprint density at radius 1 is 0.960 bits per heavy atom. The predicted molar refractivity (Wildman–Crippen MR) is 98.7 cm³/mol. The highest BCUT2D eigenvalue weighted by Gasteiger charge is 2.06. The lowest BCUT2D eigenvalue weighted by atomic mass is 10.1. The van der Waals surface area contributed by atoms with Gasteiger partial charge in [-0.05, 0) is 30.2 Å². The van der Waals surface area contributed by atoms with Crippen LogP contribution in [0, 0.1) is 0 Å². The zero-order valence-corrected chi connectivity index (χ0v) is 14.2. The Labute approximate surface area is 147 Å². The molecular formula is C19H22N4O2. The van der Waals surface area contributed by atoms with E-state index in [4.69, 9.17) is 5.73 Å². The average molecular weight is 338 g/mol. The Morgan fingerprint density at radius 3 is 2.28 bits per heavy atom. The second kappa shape index (κ2) is 9.22. The Kier molecular flexibility index (Phi) is 6.71. The van der Waals surface area contributed by atoms with Crippen molar-refractivity contribution in [3.8, 4) is 0 Å². The maximum Gasteiger partial charge on any atom is 0.240 e. The summed E-state index contributed by atoms with van der Waals surface area (Å²) in [6.45, 7) is 2.24. The van der Waals surface area contributed by atoms with Gasteiger partial charge in [0, 0.05) is 25.1 Å². The molecule has 0 unspecified atom stereocenters. The van der Waals surface area contributed by atoms with Crippen molar-refractivity contribution in [1.29, 1.82) is 0 Å². The van der Waals surface area contributed by atoms with Gasteiger partial charge in [-0.2, -0.15) is 5.10 Å². The van der Waals surface area contributed by atoms with Crippen LogP contribution in [0.5, 0.6) is 0 Å². The molecule has 2 amide bonds. The van der Waals surface area contributed by atoms with Gasteiger partial charge in [-0.3, -0.25) is 9.59 Å². The van der Waals surface area contributed by atoms with Crippen LogP contribution in [0.4, 0.5) is 5.69 Å². The molecule has 0 heterocycles. The number of carbonyl (C=O) groups excluding carboxylic acids is 2. The molecule has 2 aromatic carbocycles. The number of carbonyl (C=O) groups is 2. The Hall–Kier alpha value is -3.15. The van der Waals surface area contributed by atoms with E-state index in [2.05, 4.69) is 15.8 Å². The van der Waals surface area contributed by atoms with Gasteiger partial charge < -0.3 is 11.1 Å². The van der Waals surface area contributed by atoms with Crippen molar-refractivity contribution in [2.45, 2.75) is 26.3 Å². The number of nitrogens with two attached hydrogens (primary N) is 1. The molecule has 0 saturated carbocycles. The molecule has 0 bridgehead atoms. The smallest absolute Gasteiger partial charge is 0.240 e. The minimum Gasteiger partial charge on any atom is -0.399 e. The van der Waals surface area contributed by atoms with Gasteiger partial charge in [0.05, 0.1) is 5.71 Å². The fourth-order valence-corrected chi connectivity index (χ4v) is 2.10. The van der Waals surface area contributed by atoms with Gasteiger partial charge in [-0.1, -0.05) is 42.5 Å². The van der Waals surface area contributed by atoms with Crippen LogP contribution in [0.15, 0.2) is 59.7 Å². The maximum absolute atomic E-state index is 11.8. The summed E-state index contributed by atoms with van der Waals surface area (Å²) in [5, 5.41) is 6.82. The molecule has 2 rings (SSSR count).